The van der Waals surface area contributed by atoms with Crippen LogP contribution in [-0.4, -0.2) is 37.0 Å². The SMILES string of the molecule is CN/N=C(\C=N)C(=O)NC1CCC(Oc2ccc(C#N)c(Br)c2)CC1. The highest BCUT2D eigenvalue weighted by Crippen LogP contribution is 2.27. The van der Waals surface area contributed by atoms with Crippen molar-refractivity contribution in [1.82, 2.24) is 10.7 Å². The van der Waals surface area contributed by atoms with Crippen LogP contribution >= 0.6 is 15.9 Å². The second-order valence-electron chi connectivity index (χ2n) is 5.68. The van der Waals surface area contributed by atoms with Gasteiger partial charge in [-0.3, -0.25) is 4.79 Å². The number of nitriles is 1. The molecular weight excluding hydrogens is 386 g/mol. The van der Waals surface area contributed by atoms with Crippen molar-refractivity contribution in [3.63, 3.8) is 0 Å². The van der Waals surface area contributed by atoms with Crippen LogP contribution in [0.2, 0.25) is 0 Å². The molecule has 0 spiro atoms. The van der Waals surface area contributed by atoms with Crippen LogP contribution in [0.3, 0.4) is 0 Å². The van der Waals surface area contributed by atoms with Crippen LogP contribution in [0.1, 0.15) is 31.2 Å². The molecule has 1 saturated carbocycles. The van der Waals surface area contributed by atoms with Crippen molar-refractivity contribution in [2.75, 3.05) is 7.05 Å². The molecule has 7 nitrogen and oxygen atoms in total. The maximum Gasteiger partial charge on any atom is 0.273 e. The molecule has 0 unspecified atom stereocenters. The van der Waals surface area contributed by atoms with Gasteiger partial charge in [0.05, 0.1) is 17.9 Å². The minimum atomic E-state index is -0.343. The molecule has 0 heterocycles. The molecule has 0 radical (unpaired) electrons. The summed E-state index contributed by atoms with van der Waals surface area (Å²) in [6.45, 7) is 0. The number of ether oxygens (including phenoxy) is 1. The number of carbonyl (C=O) groups excluding carboxylic acids is 1. The van der Waals surface area contributed by atoms with Crippen molar-refractivity contribution in [3.8, 4) is 11.8 Å². The van der Waals surface area contributed by atoms with Crippen LogP contribution < -0.4 is 15.5 Å². The zero-order chi connectivity index (χ0) is 18.2. The third-order valence-corrected chi connectivity index (χ3v) is 4.63. The highest BCUT2D eigenvalue weighted by Gasteiger charge is 2.24. The first-order valence-corrected chi connectivity index (χ1v) is 8.78. The molecule has 0 saturated heterocycles. The molecule has 1 amide bonds. The Morgan fingerprint density at radius 1 is 1.44 bits per heavy atom. The van der Waals surface area contributed by atoms with Gasteiger partial charge in [0.1, 0.15) is 11.8 Å². The summed E-state index contributed by atoms with van der Waals surface area (Å²) in [4.78, 5) is 12.0. The predicted octanol–water partition coefficient (Wildman–Crippen LogP) is 2.35. The largest absolute Gasteiger partial charge is 0.490 e. The van der Waals surface area contributed by atoms with Crippen molar-refractivity contribution in [2.24, 2.45) is 5.10 Å². The van der Waals surface area contributed by atoms with Gasteiger partial charge in [-0.1, -0.05) is 0 Å². The molecule has 25 heavy (non-hydrogen) atoms. The molecule has 1 fully saturated rings. The van der Waals surface area contributed by atoms with Crippen LogP contribution in [-0.2, 0) is 4.79 Å². The first kappa shape index (κ1) is 18.9. The van der Waals surface area contributed by atoms with Gasteiger partial charge < -0.3 is 20.9 Å². The average Bonchev–Trinajstić information content (AvgIpc) is 2.61. The van der Waals surface area contributed by atoms with Gasteiger partial charge in [-0.2, -0.15) is 10.4 Å². The van der Waals surface area contributed by atoms with E-state index in [1.807, 2.05) is 0 Å². The van der Waals surface area contributed by atoms with Gasteiger partial charge in [0.2, 0.25) is 0 Å². The Bertz CT molecular complexity index is 705. The third-order valence-electron chi connectivity index (χ3n) is 3.97. The zero-order valence-corrected chi connectivity index (χ0v) is 15.5. The summed E-state index contributed by atoms with van der Waals surface area (Å²) in [7, 11) is 1.58. The first-order chi connectivity index (χ1) is 12.1. The normalized spacial score (nSPS) is 20.3. The number of halogens is 1. The maximum absolute atomic E-state index is 12.0. The van der Waals surface area contributed by atoms with Crippen molar-refractivity contribution in [1.29, 1.82) is 10.7 Å². The van der Waals surface area contributed by atoms with Gasteiger partial charge in [-0.25, -0.2) is 0 Å². The number of hydrazone groups is 1. The van der Waals surface area contributed by atoms with E-state index < -0.39 is 0 Å². The Balaban J connectivity index is 1.84. The van der Waals surface area contributed by atoms with Crippen molar-refractivity contribution in [2.45, 2.75) is 37.8 Å². The molecular formula is C17H20BrN5O2. The number of rotatable bonds is 6. The van der Waals surface area contributed by atoms with E-state index in [4.69, 9.17) is 15.4 Å². The van der Waals surface area contributed by atoms with Crippen molar-refractivity contribution < 1.29 is 9.53 Å². The van der Waals surface area contributed by atoms with Gasteiger partial charge in [-0.05, 0) is 59.8 Å². The summed E-state index contributed by atoms with van der Waals surface area (Å²) in [5.41, 5.74) is 3.15. The van der Waals surface area contributed by atoms with Crippen LogP contribution in [0, 0.1) is 16.7 Å². The van der Waals surface area contributed by atoms with Gasteiger partial charge in [-0.15, -0.1) is 0 Å². The number of nitrogens with zero attached hydrogens (tertiary/aromatic N) is 2. The van der Waals surface area contributed by atoms with Crippen LogP contribution in [0.25, 0.3) is 0 Å². The fourth-order valence-corrected chi connectivity index (χ4v) is 3.15. The van der Waals surface area contributed by atoms with E-state index in [-0.39, 0.29) is 23.8 Å². The highest BCUT2D eigenvalue weighted by atomic mass is 79.9. The Morgan fingerprint density at radius 3 is 2.72 bits per heavy atom. The predicted molar refractivity (Wildman–Crippen MR) is 99.0 cm³/mol. The summed E-state index contributed by atoms with van der Waals surface area (Å²) in [5.74, 6) is 0.385. The number of amides is 1. The van der Waals surface area contributed by atoms with E-state index in [1.54, 1.807) is 25.2 Å². The number of benzene rings is 1. The molecule has 0 aromatic heterocycles. The quantitative estimate of drug-likeness (QED) is 0.498. The molecule has 0 aliphatic heterocycles. The average molecular weight is 406 g/mol. The lowest BCUT2D eigenvalue weighted by molar-refractivity contribution is -0.115. The minimum Gasteiger partial charge on any atom is -0.490 e. The lowest BCUT2D eigenvalue weighted by atomic mass is 9.92. The van der Waals surface area contributed by atoms with E-state index in [0.717, 1.165) is 42.1 Å². The summed E-state index contributed by atoms with van der Waals surface area (Å²) in [5, 5.41) is 22.8. The number of hydrogen-bond donors (Lipinski definition) is 3. The van der Waals surface area contributed by atoms with Crippen LogP contribution in [0.4, 0.5) is 0 Å². The number of nitrogens with one attached hydrogen (secondary N) is 3. The lowest BCUT2D eigenvalue weighted by Gasteiger charge is -2.29. The monoisotopic (exact) mass is 405 g/mol. The highest BCUT2D eigenvalue weighted by molar-refractivity contribution is 9.10. The molecule has 8 heteroatoms. The summed E-state index contributed by atoms with van der Waals surface area (Å²) >= 11 is 3.36. The molecule has 0 atom stereocenters. The lowest BCUT2D eigenvalue weighted by Crippen LogP contribution is -2.43. The minimum absolute atomic E-state index is 0.0575. The van der Waals surface area contributed by atoms with E-state index in [0.29, 0.717) is 5.56 Å². The second-order valence-corrected chi connectivity index (χ2v) is 6.54. The molecule has 132 valence electrons. The topological polar surface area (TPSA) is 110 Å². The maximum atomic E-state index is 12.0. The Kier molecular flexibility index (Phi) is 6.95. The van der Waals surface area contributed by atoms with Crippen LogP contribution in [0.15, 0.2) is 27.8 Å². The molecule has 3 N–H and O–H groups in total. The van der Waals surface area contributed by atoms with E-state index in [9.17, 15) is 4.79 Å². The molecule has 2 rings (SSSR count). The van der Waals surface area contributed by atoms with Gasteiger partial charge in [0.25, 0.3) is 5.91 Å². The zero-order valence-electron chi connectivity index (χ0n) is 13.9. The number of carbonyl (C=O) groups is 1. The molecule has 1 aromatic rings. The van der Waals surface area contributed by atoms with Gasteiger partial charge in [0.15, 0.2) is 5.71 Å². The molecule has 1 aromatic carbocycles. The molecule has 0 bridgehead atoms. The third kappa shape index (κ3) is 5.29. The van der Waals surface area contributed by atoms with Crippen molar-refractivity contribution in [3.05, 3.63) is 28.2 Å². The van der Waals surface area contributed by atoms with E-state index in [2.05, 4.69) is 37.8 Å². The van der Waals surface area contributed by atoms with Gasteiger partial charge in [0, 0.05) is 17.6 Å². The second kappa shape index (κ2) is 9.18. The van der Waals surface area contributed by atoms with Crippen LogP contribution in [0.5, 0.6) is 5.75 Å². The smallest absolute Gasteiger partial charge is 0.273 e. The first-order valence-electron chi connectivity index (χ1n) is 7.99. The fraction of sp³-hybridized carbons (Fsp3) is 0.412. The molecule has 1 aliphatic rings. The number of hydrogen-bond acceptors (Lipinski definition) is 6. The Morgan fingerprint density at radius 2 is 2.16 bits per heavy atom. The van der Waals surface area contributed by atoms with Gasteiger partial charge >= 0.3 is 0 Å². The fourth-order valence-electron chi connectivity index (χ4n) is 2.71. The Labute approximate surface area is 155 Å². The molecule has 1 aliphatic carbocycles. The summed E-state index contributed by atoms with van der Waals surface area (Å²) in [6, 6.07) is 7.48. The van der Waals surface area contributed by atoms with Crippen molar-refractivity contribution >= 4 is 33.8 Å². The van der Waals surface area contributed by atoms with E-state index >= 15 is 0 Å². The Hall–Kier alpha value is -2.40. The van der Waals surface area contributed by atoms with E-state index in [1.165, 1.54) is 0 Å². The standard InChI is InChI=1S/C17H20BrN5O2/c1-21-23-16(10-20)17(24)22-12-3-6-13(7-4-12)25-14-5-2-11(9-19)15(18)8-14/h2,5,8,10,12-13,20-21H,3-4,6-7H2,1H3,(H,22,24)/b20-10?,23-16+. The summed E-state index contributed by atoms with van der Waals surface area (Å²) in [6.07, 6.45) is 4.28. The summed E-state index contributed by atoms with van der Waals surface area (Å²) < 4.78 is 6.69.